The summed E-state index contributed by atoms with van der Waals surface area (Å²) in [4.78, 5) is 37.0. The van der Waals surface area contributed by atoms with Gasteiger partial charge in [-0.2, -0.15) is 17.5 Å². The summed E-state index contributed by atoms with van der Waals surface area (Å²) in [5.74, 6) is -0.878. The highest BCUT2D eigenvalue weighted by molar-refractivity contribution is 7.13. The first-order chi connectivity index (χ1) is 17.4. The fourth-order valence-corrected chi connectivity index (χ4v) is 4.78. The lowest BCUT2D eigenvalue weighted by atomic mass is 10.0. The normalized spacial score (nSPS) is 12.6. The Bertz CT molecular complexity index is 1630. The summed E-state index contributed by atoms with van der Waals surface area (Å²) in [5, 5.41) is 9.98. The van der Waals surface area contributed by atoms with Crippen LogP contribution in [-0.2, 0) is 18.0 Å². The monoisotopic (exact) mass is 553 g/mol. The van der Waals surface area contributed by atoms with Crippen LogP contribution in [0.1, 0.15) is 17.7 Å². The van der Waals surface area contributed by atoms with Crippen molar-refractivity contribution in [1.29, 1.82) is 0 Å². The van der Waals surface area contributed by atoms with Crippen LogP contribution in [0.4, 0.5) is 13.2 Å². The Morgan fingerprint density at radius 2 is 1.92 bits per heavy atom. The molecule has 0 radical (unpaired) electrons. The van der Waals surface area contributed by atoms with E-state index < -0.39 is 35.2 Å². The van der Waals surface area contributed by atoms with Gasteiger partial charge in [-0.1, -0.05) is 11.6 Å². The number of fused-ring (bicyclic) bond motifs is 1. The maximum atomic E-state index is 13.2. The predicted octanol–water partition coefficient (Wildman–Crippen LogP) is 4.60. The fraction of sp³-hybridized carbons (Fsp3) is 0.250. The van der Waals surface area contributed by atoms with Gasteiger partial charge in [0.05, 0.1) is 16.1 Å². The van der Waals surface area contributed by atoms with E-state index in [1.807, 2.05) is 6.92 Å². The van der Waals surface area contributed by atoms with E-state index in [2.05, 4.69) is 4.37 Å². The van der Waals surface area contributed by atoms with Gasteiger partial charge in [0, 0.05) is 36.4 Å². The van der Waals surface area contributed by atoms with E-state index in [0.717, 1.165) is 24.1 Å². The van der Waals surface area contributed by atoms with Crippen LogP contribution in [0.3, 0.4) is 0 Å². The average Bonchev–Trinajstić information content (AvgIpc) is 3.24. The van der Waals surface area contributed by atoms with Gasteiger partial charge in [-0.3, -0.25) is 9.36 Å². The van der Waals surface area contributed by atoms with Crippen LogP contribution >= 0.6 is 23.1 Å². The molecule has 1 atom stereocenters. The number of aromatic nitrogens is 3. The number of aryl methyl sites for hydroxylation is 1. The van der Waals surface area contributed by atoms with Crippen molar-refractivity contribution in [2.24, 2.45) is 7.05 Å². The van der Waals surface area contributed by atoms with Crippen molar-refractivity contribution in [2.75, 3.05) is 5.88 Å². The van der Waals surface area contributed by atoms with E-state index in [9.17, 15) is 32.7 Å². The van der Waals surface area contributed by atoms with Crippen molar-refractivity contribution in [3.8, 4) is 22.7 Å². The number of halogens is 4. The predicted molar refractivity (Wildman–Crippen MR) is 133 cm³/mol. The second-order valence-electron chi connectivity index (χ2n) is 8.18. The minimum Gasteiger partial charge on any atom is -0.479 e. The van der Waals surface area contributed by atoms with Crippen molar-refractivity contribution >= 4 is 39.2 Å². The summed E-state index contributed by atoms with van der Waals surface area (Å²) in [5.41, 5.74) is -1.91. The molecule has 37 heavy (non-hydrogen) atoms. The summed E-state index contributed by atoms with van der Waals surface area (Å²) in [6.07, 6.45) is -6.01. The summed E-state index contributed by atoms with van der Waals surface area (Å²) in [6.45, 7) is 1.83. The second-order valence-corrected chi connectivity index (χ2v) is 9.36. The Labute approximate surface area is 216 Å². The van der Waals surface area contributed by atoms with Gasteiger partial charge in [-0.05, 0) is 48.8 Å². The molecule has 2 heterocycles. The molecule has 0 aliphatic carbocycles. The van der Waals surface area contributed by atoms with Crippen LogP contribution in [0, 0.1) is 6.92 Å². The number of benzene rings is 2. The first kappa shape index (κ1) is 26.4. The van der Waals surface area contributed by atoms with E-state index >= 15 is 0 Å². The van der Waals surface area contributed by atoms with Gasteiger partial charge in [-0.25, -0.2) is 14.2 Å². The van der Waals surface area contributed by atoms with Crippen LogP contribution < -0.4 is 16.0 Å². The van der Waals surface area contributed by atoms with Gasteiger partial charge in [0.15, 0.2) is 6.10 Å². The molecule has 0 saturated heterocycles. The van der Waals surface area contributed by atoms with Crippen LogP contribution in [0.15, 0.2) is 52.1 Å². The minimum absolute atomic E-state index is 0.0500. The summed E-state index contributed by atoms with van der Waals surface area (Å²) >= 11 is 6.84. The number of ether oxygens (including phenoxy) is 1. The molecule has 2 aromatic heterocycles. The van der Waals surface area contributed by atoms with Gasteiger partial charge in [0.2, 0.25) is 0 Å². The molecule has 0 bridgehead atoms. The lowest BCUT2D eigenvalue weighted by molar-refractivity contribution is -0.145. The Balaban J connectivity index is 1.89. The summed E-state index contributed by atoms with van der Waals surface area (Å²) in [7, 11) is 0.938. The molecule has 0 aliphatic rings. The zero-order chi connectivity index (χ0) is 27.1. The number of carboxylic acids is 1. The van der Waals surface area contributed by atoms with Gasteiger partial charge in [-0.15, -0.1) is 11.6 Å². The number of carboxylic acid groups (broad SMARTS) is 1. The first-order valence-corrected chi connectivity index (χ1v) is 12.1. The highest BCUT2D eigenvalue weighted by Crippen LogP contribution is 2.38. The Hall–Kier alpha value is -3.64. The molecule has 13 heteroatoms. The van der Waals surface area contributed by atoms with Gasteiger partial charge in [0.25, 0.3) is 5.56 Å². The van der Waals surface area contributed by atoms with E-state index in [0.29, 0.717) is 36.5 Å². The molecule has 4 aromatic rings. The average molecular weight is 554 g/mol. The first-order valence-electron chi connectivity index (χ1n) is 10.8. The van der Waals surface area contributed by atoms with Crippen LogP contribution in [-0.4, -0.2) is 36.6 Å². The van der Waals surface area contributed by atoms with E-state index in [4.69, 9.17) is 16.3 Å². The van der Waals surface area contributed by atoms with Crippen molar-refractivity contribution in [2.45, 2.75) is 25.6 Å². The van der Waals surface area contributed by atoms with Crippen molar-refractivity contribution in [3.63, 3.8) is 0 Å². The lowest BCUT2D eigenvalue weighted by Crippen LogP contribution is -2.40. The number of aliphatic carboxylic acids is 1. The molecule has 4 rings (SSSR count). The third-order valence-corrected chi connectivity index (χ3v) is 6.67. The van der Waals surface area contributed by atoms with Gasteiger partial charge < -0.3 is 9.84 Å². The van der Waals surface area contributed by atoms with Crippen LogP contribution in [0.2, 0.25) is 0 Å². The number of alkyl halides is 4. The number of rotatable bonds is 7. The third-order valence-electron chi connectivity index (χ3n) is 5.63. The zero-order valence-electron chi connectivity index (χ0n) is 19.4. The van der Waals surface area contributed by atoms with Gasteiger partial charge >= 0.3 is 17.8 Å². The van der Waals surface area contributed by atoms with E-state index in [1.54, 1.807) is 24.3 Å². The molecule has 8 nitrogen and oxygen atoms in total. The summed E-state index contributed by atoms with van der Waals surface area (Å²) < 4.78 is 51.6. The maximum absolute atomic E-state index is 13.2. The molecule has 1 unspecified atom stereocenters. The third kappa shape index (κ3) is 5.12. The largest absolute Gasteiger partial charge is 0.479 e. The number of hydrogen-bond donors (Lipinski definition) is 1. The molecule has 194 valence electrons. The Morgan fingerprint density at radius 3 is 2.57 bits per heavy atom. The smallest absolute Gasteiger partial charge is 0.431 e. The highest BCUT2D eigenvalue weighted by Gasteiger charge is 2.35. The SMILES string of the molecule is Cc1ccc(OC(CCCl)C(=O)O)c(-c2nsc3ccc(-n4c(=O)cc(C(F)(F)F)n(C)c4=O)cc23)c1. The van der Waals surface area contributed by atoms with Crippen LogP contribution in [0.25, 0.3) is 27.0 Å². The van der Waals surface area contributed by atoms with E-state index in [-0.39, 0.29) is 23.7 Å². The van der Waals surface area contributed by atoms with E-state index in [1.165, 1.54) is 12.1 Å². The van der Waals surface area contributed by atoms with Crippen molar-refractivity contribution < 1.29 is 27.8 Å². The second kappa shape index (κ2) is 10.0. The molecule has 0 spiro atoms. The van der Waals surface area contributed by atoms with Crippen molar-refractivity contribution in [1.82, 2.24) is 13.5 Å². The molecule has 1 N–H and O–H groups in total. The molecular formula is C24H19ClF3N3O5S. The molecule has 0 saturated carbocycles. The standard InChI is InChI=1S/C24H19ClF3N3O5S/c1-12-3-5-16(36-17(7-8-25)22(33)34)14(9-12)21-15-10-13(4-6-18(15)37-29-21)31-20(32)11-19(24(26,27)28)30(2)23(31)35/h3-6,9-11,17H,7-8H2,1-2H3,(H,33,34). The fourth-order valence-electron chi connectivity index (χ4n) is 3.81. The molecular weight excluding hydrogens is 535 g/mol. The highest BCUT2D eigenvalue weighted by atomic mass is 35.5. The quantitative estimate of drug-likeness (QED) is 0.336. The molecule has 0 amide bonds. The minimum atomic E-state index is -4.88. The number of carbonyl (C=O) groups is 1. The molecule has 2 aromatic carbocycles. The van der Waals surface area contributed by atoms with Gasteiger partial charge in [0.1, 0.15) is 11.4 Å². The topological polar surface area (TPSA) is 103 Å². The van der Waals surface area contributed by atoms with Crippen molar-refractivity contribution in [3.05, 3.63) is 74.6 Å². The Kier molecular flexibility index (Phi) is 7.16. The summed E-state index contributed by atoms with van der Waals surface area (Å²) in [6, 6.07) is 9.98. The molecule has 0 aliphatic heterocycles. The zero-order valence-corrected chi connectivity index (χ0v) is 20.9. The number of hydrogen-bond acceptors (Lipinski definition) is 6. The maximum Gasteiger partial charge on any atom is 0.431 e. The van der Waals surface area contributed by atoms with Crippen LogP contribution in [0.5, 0.6) is 5.75 Å². The number of nitrogens with zero attached hydrogens (tertiary/aromatic N) is 3. The molecule has 0 fully saturated rings. The lowest BCUT2D eigenvalue weighted by Gasteiger charge is -2.17. The Morgan fingerprint density at radius 1 is 1.19 bits per heavy atom.